The highest BCUT2D eigenvalue weighted by Gasteiger charge is 2.11. The van der Waals surface area contributed by atoms with E-state index in [1.165, 1.54) is 4.63 Å². The van der Waals surface area contributed by atoms with Crippen molar-refractivity contribution in [3.8, 4) is 0 Å². The molecule has 20 heavy (non-hydrogen) atoms. The Morgan fingerprint density at radius 3 is 2.85 bits per heavy atom. The number of benzene rings is 1. The van der Waals surface area contributed by atoms with Crippen LogP contribution in [-0.2, 0) is 0 Å². The monoisotopic (exact) mass is 308 g/mol. The van der Waals surface area contributed by atoms with E-state index in [9.17, 15) is 0 Å². The minimum Gasteiger partial charge on any atom is -0.362 e. The zero-order valence-electron chi connectivity index (χ0n) is 10.5. The van der Waals surface area contributed by atoms with E-state index >= 15 is 0 Å². The smallest absolute Gasteiger partial charge is 0.200 e. The zero-order chi connectivity index (χ0) is 14.1. The molecule has 0 saturated heterocycles. The lowest BCUT2D eigenvalue weighted by Crippen LogP contribution is -2.10. The van der Waals surface area contributed by atoms with Crippen molar-refractivity contribution in [1.82, 2.24) is 25.3 Å². The molecular weight excluding hydrogens is 299 g/mol. The molecule has 0 amide bonds. The molecule has 1 aromatic carbocycles. The molecule has 8 heteroatoms. The molecule has 2 aromatic heterocycles. The molecule has 102 valence electrons. The molecule has 1 atom stereocenters. The van der Waals surface area contributed by atoms with Gasteiger partial charge >= 0.3 is 0 Å². The first-order chi connectivity index (χ1) is 9.63. The SMILES string of the molecule is C[C@H](Nc1ccc2nnnn2n1)c1ccc(Cl)cc1Cl. The molecule has 0 saturated carbocycles. The number of nitrogens with zero attached hydrogens (tertiary/aromatic N) is 5. The van der Waals surface area contributed by atoms with Crippen molar-refractivity contribution >= 4 is 34.7 Å². The molecule has 2 heterocycles. The average molecular weight is 309 g/mol. The molecule has 0 aliphatic carbocycles. The molecule has 0 bridgehead atoms. The van der Waals surface area contributed by atoms with Crippen LogP contribution in [-0.4, -0.2) is 25.3 Å². The van der Waals surface area contributed by atoms with Gasteiger partial charge in [-0.25, -0.2) is 0 Å². The molecular formula is C12H10Cl2N6. The van der Waals surface area contributed by atoms with E-state index in [-0.39, 0.29) is 6.04 Å². The van der Waals surface area contributed by atoms with E-state index in [2.05, 4.69) is 25.9 Å². The van der Waals surface area contributed by atoms with Gasteiger partial charge in [-0.1, -0.05) is 29.3 Å². The number of halogens is 2. The van der Waals surface area contributed by atoms with Gasteiger partial charge in [-0.05, 0) is 47.2 Å². The van der Waals surface area contributed by atoms with Crippen molar-refractivity contribution in [2.45, 2.75) is 13.0 Å². The van der Waals surface area contributed by atoms with Gasteiger partial charge in [0.15, 0.2) is 5.65 Å². The summed E-state index contributed by atoms with van der Waals surface area (Å²) in [4.78, 5) is 0. The van der Waals surface area contributed by atoms with Crippen LogP contribution in [0.1, 0.15) is 18.5 Å². The summed E-state index contributed by atoms with van der Waals surface area (Å²) in [7, 11) is 0. The van der Waals surface area contributed by atoms with Gasteiger partial charge in [0.25, 0.3) is 0 Å². The van der Waals surface area contributed by atoms with Crippen LogP contribution in [0.25, 0.3) is 5.65 Å². The van der Waals surface area contributed by atoms with Gasteiger partial charge in [0.2, 0.25) is 0 Å². The van der Waals surface area contributed by atoms with Crippen molar-refractivity contribution in [3.05, 3.63) is 45.9 Å². The Hall–Kier alpha value is -1.92. The van der Waals surface area contributed by atoms with E-state index in [0.717, 1.165) is 5.56 Å². The maximum atomic E-state index is 6.19. The standard InChI is InChI=1S/C12H10Cl2N6/c1-7(9-3-2-8(13)6-10(9)14)15-11-4-5-12-16-18-19-20(12)17-11/h2-7H,1H3,(H,15,17)/t7-/m0/s1. The van der Waals surface area contributed by atoms with Gasteiger partial charge in [0.05, 0.1) is 6.04 Å². The number of rotatable bonds is 3. The number of nitrogens with one attached hydrogen (secondary N) is 1. The second kappa shape index (κ2) is 5.22. The fourth-order valence-corrected chi connectivity index (χ4v) is 2.45. The van der Waals surface area contributed by atoms with Gasteiger partial charge in [0, 0.05) is 10.0 Å². The topological polar surface area (TPSA) is 68.0 Å². The van der Waals surface area contributed by atoms with Gasteiger partial charge in [-0.2, -0.15) is 0 Å². The van der Waals surface area contributed by atoms with Gasteiger partial charge < -0.3 is 5.32 Å². The van der Waals surface area contributed by atoms with E-state index < -0.39 is 0 Å². The van der Waals surface area contributed by atoms with Crippen LogP contribution in [0, 0.1) is 0 Å². The van der Waals surface area contributed by atoms with E-state index in [1.54, 1.807) is 18.2 Å². The average Bonchev–Trinajstić information content (AvgIpc) is 2.85. The Bertz CT molecular complexity index is 757. The van der Waals surface area contributed by atoms with Crippen LogP contribution in [0.2, 0.25) is 10.0 Å². The molecule has 0 unspecified atom stereocenters. The molecule has 0 aliphatic heterocycles. The summed E-state index contributed by atoms with van der Waals surface area (Å²) >= 11 is 12.1. The number of fused-ring (bicyclic) bond motifs is 1. The molecule has 0 radical (unpaired) electrons. The van der Waals surface area contributed by atoms with Crippen molar-refractivity contribution in [2.24, 2.45) is 0 Å². The Labute approximate surface area is 124 Å². The van der Waals surface area contributed by atoms with E-state index in [4.69, 9.17) is 23.2 Å². The quantitative estimate of drug-likeness (QED) is 0.805. The van der Waals surface area contributed by atoms with Gasteiger partial charge in [0.1, 0.15) is 5.82 Å². The Balaban J connectivity index is 1.85. The number of hydrogen-bond donors (Lipinski definition) is 1. The highest BCUT2D eigenvalue weighted by molar-refractivity contribution is 6.35. The summed E-state index contributed by atoms with van der Waals surface area (Å²) in [6, 6.07) is 8.98. The van der Waals surface area contributed by atoms with Crippen LogP contribution in [0.15, 0.2) is 30.3 Å². The summed E-state index contributed by atoms with van der Waals surface area (Å²) in [5.74, 6) is 0.656. The second-order valence-corrected chi connectivity index (χ2v) is 5.12. The molecule has 0 fully saturated rings. The third-order valence-corrected chi connectivity index (χ3v) is 3.43. The predicted molar refractivity (Wildman–Crippen MR) is 77.1 cm³/mol. The highest BCUT2D eigenvalue weighted by Crippen LogP contribution is 2.27. The number of hydrogen-bond acceptors (Lipinski definition) is 5. The van der Waals surface area contributed by atoms with Gasteiger partial charge in [-0.15, -0.1) is 14.8 Å². The Kier molecular flexibility index (Phi) is 3.42. The van der Waals surface area contributed by atoms with Crippen molar-refractivity contribution in [2.75, 3.05) is 5.32 Å². The highest BCUT2D eigenvalue weighted by atomic mass is 35.5. The summed E-state index contributed by atoms with van der Waals surface area (Å²) < 4.78 is 1.36. The number of tetrazole rings is 1. The largest absolute Gasteiger partial charge is 0.362 e. The molecule has 0 aliphatic rings. The minimum atomic E-state index is -0.0267. The van der Waals surface area contributed by atoms with Crippen LogP contribution in [0.5, 0.6) is 0 Å². The Morgan fingerprint density at radius 2 is 2.05 bits per heavy atom. The lowest BCUT2D eigenvalue weighted by atomic mass is 10.1. The van der Waals surface area contributed by atoms with Crippen LogP contribution < -0.4 is 5.32 Å². The normalized spacial score (nSPS) is 12.6. The summed E-state index contributed by atoms with van der Waals surface area (Å²) in [5.41, 5.74) is 1.53. The zero-order valence-corrected chi connectivity index (χ0v) is 12.0. The lowest BCUT2D eigenvalue weighted by Gasteiger charge is -2.16. The molecule has 0 spiro atoms. The third-order valence-electron chi connectivity index (χ3n) is 2.86. The summed E-state index contributed by atoms with van der Waals surface area (Å²) in [6.07, 6.45) is 0. The molecule has 3 rings (SSSR count). The minimum absolute atomic E-state index is 0.0267. The fourth-order valence-electron chi connectivity index (χ4n) is 1.88. The second-order valence-electron chi connectivity index (χ2n) is 4.28. The van der Waals surface area contributed by atoms with Crippen molar-refractivity contribution < 1.29 is 0 Å². The maximum Gasteiger partial charge on any atom is 0.200 e. The number of anilines is 1. The molecule has 1 N–H and O–H groups in total. The van der Waals surface area contributed by atoms with Crippen LogP contribution in [0.3, 0.4) is 0 Å². The first-order valence-electron chi connectivity index (χ1n) is 5.90. The van der Waals surface area contributed by atoms with E-state index in [0.29, 0.717) is 21.5 Å². The van der Waals surface area contributed by atoms with E-state index in [1.807, 2.05) is 19.1 Å². The summed E-state index contributed by atoms with van der Waals surface area (Å²) in [6.45, 7) is 1.99. The van der Waals surface area contributed by atoms with Crippen molar-refractivity contribution in [3.63, 3.8) is 0 Å². The predicted octanol–water partition coefficient (Wildman–Crippen LogP) is 3.00. The first kappa shape index (κ1) is 13.1. The lowest BCUT2D eigenvalue weighted by molar-refractivity contribution is 0.728. The van der Waals surface area contributed by atoms with Crippen molar-refractivity contribution in [1.29, 1.82) is 0 Å². The summed E-state index contributed by atoms with van der Waals surface area (Å²) in [5, 5.41) is 19.8. The van der Waals surface area contributed by atoms with Gasteiger partial charge in [-0.3, -0.25) is 0 Å². The Morgan fingerprint density at radius 1 is 1.20 bits per heavy atom. The third kappa shape index (κ3) is 2.52. The first-order valence-corrected chi connectivity index (χ1v) is 6.66. The van der Waals surface area contributed by atoms with Crippen LogP contribution >= 0.6 is 23.2 Å². The molecule has 6 nitrogen and oxygen atoms in total. The fraction of sp³-hybridized carbons (Fsp3) is 0.167. The number of aromatic nitrogens is 5. The van der Waals surface area contributed by atoms with Crippen LogP contribution in [0.4, 0.5) is 5.82 Å². The maximum absolute atomic E-state index is 6.19. The molecule has 3 aromatic rings.